The van der Waals surface area contributed by atoms with Crippen LogP contribution in [0.15, 0.2) is 30.3 Å². The molecule has 0 aromatic heterocycles. The molecule has 0 aliphatic rings. The fraction of sp³-hybridized carbons (Fsp3) is 0.278. The molecule has 1 N–H and O–H groups in total. The SMILES string of the molecule is Cc1ccc(C)c(NC(=O)COc2c(C)cc(Cl)cc2C)c1. The zero-order valence-electron chi connectivity index (χ0n) is 13.3. The minimum Gasteiger partial charge on any atom is -0.483 e. The molecule has 0 aliphatic carbocycles. The first kappa shape index (κ1) is 16.4. The van der Waals surface area contributed by atoms with Crippen molar-refractivity contribution < 1.29 is 9.53 Å². The van der Waals surface area contributed by atoms with Gasteiger partial charge in [0.1, 0.15) is 5.75 Å². The van der Waals surface area contributed by atoms with Crippen molar-refractivity contribution in [3.63, 3.8) is 0 Å². The lowest BCUT2D eigenvalue weighted by Crippen LogP contribution is -2.21. The first-order valence-electron chi connectivity index (χ1n) is 7.13. The summed E-state index contributed by atoms with van der Waals surface area (Å²) >= 11 is 5.99. The van der Waals surface area contributed by atoms with Gasteiger partial charge in [-0.2, -0.15) is 0 Å². The number of carbonyl (C=O) groups is 1. The van der Waals surface area contributed by atoms with Crippen molar-refractivity contribution in [1.29, 1.82) is 0 Å². The number of carbonyl (C=O) groups excluding carboxylic acids is 1. The van der Waals surface area contributed by atoms with Gasteiger partial charge in [-0.25, -0.2) is 0 Å². The number of anilines is 1. The molecule has 4 heteroatoms. The molecular weight excluding hydrogens is 298 g/mol. The maximum absolute atomic E-state index is 12.1. The minimum atomic E-state index is -0.178. The van der Waals surface area contributed by atoms with Crippen LogP contribution in [0.4, 0.5) is 5.69 Å². The van der Waals surface area contributed by atoms with Crippen molar-refractivity contribution in [3.8, 4) is 5.75 Å². The van der Waals surface area contributed by atoms with Gasteiger partial charge in [-0.05, 0) is 68.1 Å². The Morgan fingerprint density at radius 2 is 1.68 bits per heavy atom. The summed E-state index contributed by atoms with van der Waals surface area (Å²) in [4.78, 5) is 12.1. The van der Waals surface area contributed by atoms with Crippen molar-refractivity contribution in [2.24, 2.45) is 0 Å². The molecule has 0 spiro atoms. The monoisotopic (exact) mass is 317 g/mol. The third-order valence-corrected chi connectivity index (χ3v) is 3.66. The zero-order chi connectivity index (χ0) is 16.3. The van der Waals surface area contributed by atoms with Gasteiger partial charge in [0.25, 0.3) is 5.91 Å². The standard InChI is InChI=1S/C18H20ClNO2/c1-11-5-6-12(2)16(7-11)20-17(21)10-22-18-13(3)8-15(19)9-14(18)4/h5-9H,10H2,1-4H3,(H,20,21). The van der Waals surface area contributed by atoms with E-state index in [0.717, 1.165) is 27.9 Å². The van der Waals surface area contributed by atoms with Gasteiger partial charge in [-0.15, -0.1) is 0 Å². The van der Waals surface area contributed by atoms with E-state index in [2.05, 4.69) is 5.32 Å². The molecule has 0 aliphatic heterocycles. The molecule has 0 heterocycles. The van der Waals surface area contributed by atoms with E-state index in [1.54, 1.807) is 0 Å². The quantitative estimate of drug-likeness (QED) is 0.895. The van der Waals surface area contributed by atoms with E-state index >= 15 is 0 Å². The lowest BCUT2D eigenvalue weighted by Gasteiger charge is -2.13. The first-order chi connectivity index (χ1) is 10.4. The second kappa shape index (κ2) is 6.84. The van der Waals surface area contributed by atoms with Crippen LogP contribution in [-0.4, -0.2) is 12.5 Å². The molecule has 0 unspecified atom stereocenters. The highest BCUT2D eigenvalue weighted by atomic mass is 35.5. The summed E-state index contributed by atoms with van der Waals surface area (Å²) < 4.78 is 5.66. The number of amides is 1. The Balaban J connectivity index is 2.03. The number of nitrogens with one attached hydrogen (secondary N) is 1. The highest BCUT2D eigenvalue weighted by Crippen LogP contribution is 2.27. The molecule has 2 rings (SSSR count). The molecule has 116 valence electrons. The molecule has 0 saturated heterocycles. The Kier molecular flexibility index (Phi) is 5.09. The van der Waals surface area contributed by atoms with Crippen molar-refractivity contribution in [3.05, 3.63) is 57.6 Å². The number of rotatable bonds is 4. The summed E-state index contributed by atoms with van der Waals surface area (Å²) in [5, 5.41) is 3.55. The molecule has 0 saturated carbocycles. The molecule has 0 fully saturated rings. The second-order valence-electron chi connectivity index (χ2n) is 5.52. The van der Waals surface area contributed by atoms with E-state index in [1.807, 2.05) is 58.0 Å². The molecule has 22 heavy (non-hydrogen) atoms. The van der Waals surface area contributed by atoms with Crippen molar-refractivity contribution in [2.75, 3.05) is 11.9 Å². The molecule has 0 atom stereocenters. The predicted molar refractivity (Wildman–Crippen MR) is 91.0 cm³/mol. The number of benzene rings is 2. The Labute approximate surface area is 136 Å². The summed E-state index contributed by atoms with van der Waals surface area (Å²) in [5.74, 6) is 0.531. The van der Waals surface area contributed by atoms with Gasteiger partial charge < -0.3 is 10.1 Å². The van der Waals surface area contributed by atoms with E-state index in [4.69, 9.17) is 16.3 Å². The summed E-state index contributed by atoms with van der Waals surface area (Å²) in [7, 11) is 0. The summed E-state index contributed by atoms with van der Waals surface area (Å²) in [6, 6.07) is 9.60. The van der Waals surface area contributed by atoms with Gasteiger partial charge >= 0.3 is 0 Å². The lowest BCUT2D eigenvalue weighted by molar-refractivity contribution is -0.118. The molecule has 2 aromatic rings. The van der Waals surface area contributed by atoms with Crippen LogP contribution in [0.25, 0.3) is 0 Å². The Morgan fingerprint density at radius 3 is 2.32 bits per heavy atom. The highest BCUT2D eigenvalue weighted by Gasteiger charge is 2.10. The summed E-state index contributed by atoms with van der Waals surface area (Å²) in [5.41, 5.74) is 4.79. The van der Waals surface area contributed by atoms with Gasteiger partial charge in [-0.1, -0.05) is 23.7 Å². The van der Waals surface area contributed by atoms with Crippen LogP contribution >= 0.6 is 11.6 Å². The van der Waals surface area contributed by atoms with Crippen LogP contribution < -0.4 is 10.1 Å². The van der Waals surface area contributed by atoms with Gasteiger partial charge in [-0.3, -0.25) is 4.79 Å². The Morgan fingerprint density at radius 1 is 1.05 bits per heavy atom. The van der Waals surface area contributed by atoms with E-state index in [0.29, 0.717) is 10.8 Å². The Hall–Kier alpha value is -2.00. The van der Waals surface area contributed by atoms with Gasteiger partial charge in [0, 0.05) is 10.7 Å². The molecule has 1 amide bonds. The second-order valence-corrected chi connectivity index (χ2v) is 5.96. The number of hydrogen-bond donors (Lipinski definition) is 1. The number of aryl methyl sites for hydroxylation is 4. The zero-order valence-corrected chi connectivity index (χ0v) is 14.0. The average Bonchev–Trinajstić information content (AvgIpc) is 2.41. The van der Waals surface area contributed by atoms with Crippen molar-refractivity contribution >= 4 is 23.2 Å². The summed E-state index contributed by atoms with van der Waals surface area (Å²) in [6.07, 6.45) is 0. The third kappa shape index (κ3) is 4.01. The van der Waals surface area contributed by atoms with Crippen LogP contribution in [0.5, 0.6) is 5.75 Å². The minimum absolute atomic E-state index is 0.0311. The largest absolute Gasteiger partial charge is 0.483 e. The van der Waals surface area contributed by atoms with Gasteiger partial charge in [0.2, 0.25) is 0 Å². The number of ether oxygens (including phenoxy) is 1. The van der Waals surface area contributed by atoms with Crippen LogP contribution in [0.3, 0.4) is 0 Å². The van der Waals surface area contributed by atoms with E-state index < -0.39 is 0 Å². The number of hydrogen-bond acceptors (Lipinski definition) is 2. The molecule has 0 radical (unpaired) electrons. The third-order valence-electron chi connectivity index (χ3n) is 3.44. The molecule has 3 nitrogen and oxygen atoms in total. The molecule has 2 aromatic carbocycles. The van der Waals surface area contributed by atoms with Crippen LogP contribution in [0.1, 0.15) is 22.3 Å². The van der Waals surface area contributed by atoms with Gasteiger partial charge in [0.05, 0.1) is 0 Å². The normalized spacial score (nSPS) is 10.4. The van der Waals surface area contributed by atoms with Crippen LogP contribution in [0.2, 0.25) is 5.02 Å². The van der Waals surface area contributed by atoms with Crippen LogP contribution in [-0.2, 0) is 4.79 Å². The van der Waals surface area contributed by atoms with E-state index in [-0.39, 0.29) is 12.5 Å². The van der Waals surface area contributed by atoms with Gasteiger partial charge in [0.15, 0.2) is 6.61 Å². The maximum Gasteiger partial charge on any atom is 0.262 e. The van der Waals surface area contributed by atoms with E-state index in [9.17, 15) is 4.79 Å². The highest BCUT2D eigenvalue weighted by molar-refractivity contribution is 6.30. The average molecular weight is 318 g/mol. The first-order valence-corrected chi connectivity index (χ1v) is 7.51. The fourth-order valence-corrected chi connectivity index (χ4v) is 2.65. The molecule has 0 bridgehead atoms. The van der Waals surface area contributed by atoms with Crippen molar-refractivity contribution in [1.82, 2.24) is 0 Å². The maximum atomic E-state index is 12.1. The smallest absolute Gasteiger partial charge is 0.262 e. The lowest BCUT2D eigenvalue weighted by atomic mass is 10.1. The fourth-order valence-electron chi connectivity index (χ4n) is 2.32. The number of halogens is 1. The predicted octanol–water partition coefficient (Wildman–Crippen LogP) is 4.59. The molecular formula is C18H20ClNO2. The van der Waals surface area contributed by atoms with E-state index in [1.165, 1.54) is 0 Å². The Bertz CT molecular complexity index is 687. The van der Waals surface area contributed by atoms with Crippen LogP contribution in [0, 0.1) is 27.7 Å². The summed E-state index contributed by atoms with van der Waals surface area (Å²) in [6.45, 7) is 7.75. The topological polar surface area (TPSA) is 38.3 Å². The van der Waals surface area contributed by atoms with Crippen molar-refractivity contribution in [2.45, 2.75) is 27.7 Å².